The maximum atomic E-state index is 14.0. The molecule has 1 N–H and O–H groups in total. The number of carbonyl (C=O) groups is 2. The average Bonchev–Trinajstić information content (AvgIpc) is 2.84. The van der Waals surface area contributed by atoms with E-state index in [9.17, 15) is 31.9 Å². The quantitative estimate of drug-likeness (QED) is 0.703. The smallest absolute Gasteiger partial charge is 0.414 e. The van der Waals surface area contributed by atoms with Gasteiger partial charge in [0.25, 0.3) is 0 Å². The lowest BCUT2D eigenvalue weighted by molar-refractivity contribution is -0.140. The molecule has 0 bridgehead atoms. The lowest BCUT2D eigenvalue weighted by Crippen LogP contribution is -2.46. The first-order valence-electron chi connectivity index (χ1n) is 6.93. The van der Waals surface area contributed by atoms with Gasteiger partial charge in [-0.05, 0) is 35.0 Å². The molecule has 7 nitrogen and oxygen atoms in total. The Bertz CT molecular complexity index is 846. The Balaban J connectivity index is 2.29. The lowest BCUT2D eigenvalue weighted by Gasteiger charge is -2.24. The molecule has 1 aliphatic heterocycles. The third kappa shape index (κ3) is 3.47. The molecule has 1 fully saturated rings. The van der Waals surface area contributed by atoms with Gasteiger partial charge in [-0.25, -0.2) is 22.0 Å². The molecule has 2 rings (SSSR count). The number of carbonyl (C=O) groups excluding carboxylic acids is 1. The van der Waals surface area contributed by atoms with E-state index in [1.807, 2.05) is 0 Å². The van der Waals surface area contributed by atoms with Crippen LogP contribution in [0.3, 0.4) is 0 Å². The van der Waals surface area contributed by atoms with Crippen molar-refractivity contribution in [1.29, 1.82) is 0 Å². The highest BCUT2D eigenvalue weighted by molar-refractivity contribution is 9.10. The second kappa shape index (κ2) is 6.52. The Morgan fingerprint density at radius 1 is 1.44 bits per heavy atom. The molecule has 1 aliphatic rings. The lowest BCUT2D eigenvalue weighted by atomic mass is 10.0. The minimum atomic E-state index is -4.02. The van der Waals surface area contributed by atoms with Gasteiger partial charge in [0.05, 0.1) is 16.7 Å². The number of nitrogens with zero attached hydrogens (tertiary/aromatic N) is 1. The van der Waals surface area contributed by atoms with Gasteiger partial charge >= 0.3 is 12.1 Å². The van der Waals surface area contributed by atoms with Gasteiger partial charge in [0, 0.05) is 12.7 Å². The molecule has 11 heteroatoms. The standard InChI is InChI=1S/C14H14BrF2NO6S/c1-14(12(19)20,25(2,22)23)5-7-6-18(13(21)24-7)9-4-3-8(15)10(16)11(9)17/h3-4,7H,5-6H2,1-2H3,(H,19,20). The molecule has 0 radical (unpaired) electrons. The number of carboxylic acids is 1. The Labute approximate surface area is 150 Å². The van der Waals surface area contributed by atoms with E-state index in [-0.39, 0.29) is 16.7 Å². The Kier molecular flexibility index (Phi) is 5.11. The van der Waals surface area contributed by atoms with Crippen LogP contribution >= 0.6 is 15.9 Å². The Morgan fingerprint density at radius 2 is 2.04 bits per heavy atom. The summed E-state index contributed by atoms with van der Waals surface area (Å²) >= 11 is 2.81. The number of hydrogen-bond donors (Lipinski definition) is 1. The number of benzene rings is 1. The van der Waals surface area contributed by atoms with E-state index in [1.54, 1.807) is 0 Å². The van der Waals surface area contributed by atoms with Gasteiger partial charge in [-0.15, -0.1) is 0 Å². The van der Waals surface area contributed by atoms with E-state index < -0.39 is 50.8 Å². The molecule has 1 aromatic rings. The highest BCUT2D eigenvalue weighted by atomic mass is 79.9. The maximum absolute atomic E-state index is 14.0. The molecule has 0 saturated carbocycles. The van der Waals surface area contributed by atoms with Crippen LogP contribution in [-0.4, -0.2) is 49.2 Å². The second-order valence-corrected chi connectivity index (χ2v) is 9.12. The van der Waals surface area contributed by atoms with Crippen LogP contribution in [0.25, 0.3) is 0 Å². The van der Waals surface area contributed by atoms with Crippen molar-refractivity contribution in [3.05, 3.63) is 28.2 Å². The molecule has 0 spiro atoms. The Morgan fingerprint density at radius 3 is 2.56 bits per heavy atom. The average molecular weight is 442 g/mol. The van der Waals surface area contributed by atoms with Gasteiger partial charge in [-0.3, -0.25) is 9.69 Å². The second-order valence-electron chi connectivity index (χ2n) is 5.82. The highest BCUT2D eigenvalue weighted by Gasteiger charge is 2.48. The van der Waals surface area contributed by atoms with Gasteiger partial charge in [-0.2, -0.15) is 0 Å². The molecule has 1 saturated heterocycles. The molecule has 2 atom stereocenters. The van der Waals surface area contributed by atoms with Crippen molar-refractivity contribution in [3.63, 3.8) is 0 Å². The fraction of sp³-hybridized carbons (Fsp3) is 0.429. The number of aliphatic carboxylic acids is 1. The van der Waals surface area contributed by atoms with Crippen molar-refractivity contribution in [3.8, 4) is 0 Å². The van der Waals surface area contributed by atoms with Crippen LogP contribution < -0.4 is 4.90 Å². The molecule has 1 heterocycles. The van der Waals surface area contributed by atoms with Gasteiger partial charge in [0.15, 0.2) is 26.2 Å². The van der Waals surface area contributed by atoms with Crippen molar-refractivity contribution in [2.45, 2.75) is 24.2 Å². The third-order valence-electron chi connectivity index (χ3n) is 4.07. The summed E-state index contributed by atoms with van der Waals surface area (Å²) in [5.74, 6) is -4.07. The number of amides is 1. The van der Waals surface area contributed by atoms with Crippen LogP contribution in [0.1, 0.15) is 13.3 Å². The van der Waals surface area contributed by atoms with Crippen LogP contribution in [0.15, 0.2) is 16.6 Å². The topological polar surface area (TPSA) is 101 Å². The third-order valence-corrected chi connectivity index (χ3v) is 6.66. The number of cyclic esters (lactones) is 1. The molecule has 25 heavy (non-hydrogen) atoms. The van der Waals surface area contributed by atoms with Crippen LogP contribution in [0, 0.1) is 11.6 Å². The van der Waals surface area contributed by atoms with E-state index in [4.69, 9.17) is 4.74 Å². The van der Waals surface area contributed by atoms with Crippen LogP contribution in [0.5, 0.6) is 0 Å². The number of hydrogen-bond acceptors (Lipinski definition) is 5. The minimum absolute atomic E-state index is 0.131. The van der Waals surface area contributed by atoms with Crippen molar-refractivity contribution in [1.82, 2.24) is 0 Å². The van der Waals surface area contributed by atoms with Crippen LogP contribution in [-0.2, 0) is 19.4 Å². The number of rotatable bonds is 5. The van der Waals surface area contributed by atoms with Gasteiger partial charge < -0.3 is 9.84 Å². The number of sulfone groups is 1. The van der Waals surface area contributed by atoms with Crippen LogP contribution in [0.2, 0.25) is 0 Å². The summed E-state index contributed by atoms with van der Waals surface area (Å²) in [6.07, 6.45) is -1.90. The number of halogens is 3. The molecule has 0 aliphatic carbocycles. The van der Waals surface area contributed by atoms with Gasteiger partial charge in [0.2, 0.25) is 0 Å². The number of anilines is 1. The first-order chi connectivity index (χ1) is 11.4. The number of carboxylic acid groups (broad SMARTS) is 1. The summed E-state index contributed by atoms with van der Waals surface area (Å²) in [4.78, 5) is 24.1. The highest BCUT2D eigenvalue weighted by Crippen LogP contribution is 2.33. The molecule has 1 aromatic carbocycles. The summed E-state index contributed by atoms with van der Waals surface area (Å²) in [7, 11) is -4.02. The summed E-state index contributed by atoms with van der Waals surface area (Å²) in [6, 6.07) is 2.35. The molecule has 0 aromatic heterocycles. The normalized spacial score (nSPS) is 20.3. The number of ether oxygens (including phenoxy) is 1. The fourth-order valence-electron chi connectivity index (χ4n) is 2.38. The molecular formula is C14H14BrF2NO6S. The van der Waals surface area contributed by atoms with E-state index in [0.717, 1.165) is 24.1 Å². The van der Waals surface area contributed by atoms with Gasteiger partial charge in [-0.1, -0.05) is 0 Å². The summed E-state index contributed by atoms with van der Waals surface area (Å²) in [5, 5.41) is 9.24. The minimum Gasteiger partial charge on any atom is -0.480 e. The zero-order valence-electron chi connectivity index (χ0n) is 13.1. The summed E-state index contributed by atoms with van der Waals surface area (Å²) < 4.78 is 53.9. The largest absolute Gasteiger partial charge is 0.480 e. The summed E-state index contributed by atoms with van der Waals surface area (Å²) in [5.41, 5.74) is -0.385. The van der Waals surface area contributed by atoms with Crippen molar-refractivity contribution in [2.75, 3.05) is 17.7 Å². The molecule has 138 valence electrons. The SMILES string of the molecule is CC(CC1CN(c2ccc(Br)c(F)c2F)C(=O)O1)(C(=O)O)S(C)(=O)=O. The van der Waals surface area contributed by atoms with Crippen molar-refractivity contribution >= 4 is 43.5 Å². The predicted octanol–water partition coefficient (Wildman–Crippen LogP) is 2.33. The fourth-order valence-corrected chi connectivity index (χ4v) is 3.49. The van der Waals surface area contributed by atoms with Gasteiger partial charge in [0.1, 0.15) is 6.10 Å². The first-order valence-corrected chi connectivity index (χ1v) is 9.61. The first kappa shape index (κ1) is 19.6. The van der Waals surface area contributed by atoms with E-state index in [1.165, 1.54) is 6.07 Å². The van der Waals surface area contributed by atoms with Crippen LogP contribution in [0.4, 0.5) is 19.3 Å². The Hall–Kier alpha value is -1.75. The molecule has 2 unspecified atom stereocenters. The predicted molar refractivity (Wildman–Crippen MR) is 87.2 cm³/mol. The monoisotopic (exact) mass is 441 g/mol. The molecule has 1 amide bonds. The molecular weight excluding hydrogens is 428 g/mol. The zero-order valence-corrected chi connectivity index (χ0v) is 15.5. The van der Waals surface area contributed by atoms with E-state index >= 15 is 0 Å². The summed E-state index contributed by atoms with van der Waals surface area (Å²) in [6.45, 7) is 0.691. The van der Waals surface area contributed by atoms with E-state index in [0.29, 0.717) is 0 Å². The maximum Gasteiger partial charge on any atom is 0.414 e. The van der Waals surface area contributed by atoms with E-state index in [2.05, 4.69) is 15.9 Å². The zero-order chi connectivity index (χ0) is 19.2. The van der Waals surface area contributed by atoms with Crippen molar-refractivity contribution < 1.29 is 36.6 Å². The van der Waals surface area contributed by atoms with Crippen molar-refractivity contribution in [2.24, 2.45) is 0 Å².